The Labute approximate surface area is 203 Å². The number of carbonyl (C=O) groups excluding carboxylic acids is 1. The molecule has 0 bridgehead atoms. The number of rotatable bonds is 10. The van der Waals surface area contributed by atoms with Crippen molar-refractivity contribution in [2.75, 3.05) is 25.1 Å². The Hall–Kier alpha value is -2.83. The highest BCUT2D eigenvalue weighted by molar-refractivity contribution is 9.10. The monoisotopic (exact) mass is 509 g/mol. The second kappa shape index (κ2) is 11.9. The molecule has 3 aromatic rings. The van der Waals surface area contributed by atoms with Crippen molar-refractivity contribution >= 4 is 27.5 Å². The molecule has 3 aromatic carbocycles. The van der Waals surface area contributed by atoms with Crippen molar-refractivity contribution in [3.05, 3.63) is 88.4 Å². The number of hydrogen-bond acceptors (Lipinski definition) is 4. The number of anilines is 1. The topological polar surface area (TPSA) is 56.8 Å². The second-order valence-electron chi connectivity index (χ2n) is 8.01. The molecule has 6 heteroatoms. The maximum Gasteiger partial charge on any atom is 0.255 e. The van der Waals surface area contributed by atoms with Crippen LogP contribution in [0, 0.1) is 0 Å². The SMILES string of the molecule is O=C(Nc1ccc(OCCCc2ccccc2)cc1)c1ccc(OCC2CCCO2)c(Br)c1. The maximum absolute atomic E-state index is 12.7. The first-order valence-electron chi connectivity index (χ1n) is 11.3. The van der Waals surface area contributed by atoms with E-state index in [2.05, 4.69) is 45.5 Å². The van der Waals surface area contributed by atoms with Crippen LogP contribution < -0.4 is 14.8 Å². The predicted octanol–water partition coefficient (Wildman–Crippen LogP) is 6.27. The molecule has 1 saturated heterocycles. The number of halogens is 1. The molecule has 172 valence electrons. The largest absolute Gasteiger partial charge is 0.494 e. The number of amides is 1. The van der Waals surface area contributed by atoms with Crippen LogP contribution in [-0.2, 0) is 11.2 Å². The van der Waals surface area contributed by atoms with Gasteiger partial charge in [0.2, 0.25) is 0 Å². The number of carbonyl (C=O) groups is 1. The van der Waals surface area contributed by atoms with Gasteiger partial charge < -0.3 is 19.5 Å². The van der Waals surface area contributed by atoms with Crippen molar-refractivity contribution in [3.63, 3.8) is 0 Å². The molecule has 0 spiro atoms. The summed E-state index contributed by atoms with van der Waals surface area (Å²) < 4.78 is 18.0. The fourth-order valence-electron chi connectivity index (χ4n) is 3.67. The van der Waals surface area contributed by atoms with Gasteiger partial charge in [0.05, 0.1) is 17.2 Å². The van der Waals surface area contributed by atoms with Crippen LogP contribution >= 0.6 is 15.9 Å². The lowest BCUT2D eigenvalue weighted by molar-refractivity contribution is 0.0677. The zero-order chi connectivity index (χ0) is 22.9. The molecule has 4 rings (SSSR count). The third-order valence-electron chi connectivity index (χ3n) is 5.48. The highest BCUT2D eigenvalue weighted by Crippen LogP contribution is 2.27. The lowest BCUT2D eigenvalue weighted by Crippen LogP contribution is -2.16. The summed E-state index contributed by atoms with van der Waals surface area (Å²) in [5.41, 5.74) is 2.58. The minimum atomic E-state index is -0.182. The normalized spacial score (nSPS) is 15.2. The van der Waals surface area contributed by atoms with E-state index < -0.39 is 0 Å². The van der Waals surface area contributed by atoms with Gasteiger partial charge in [-0.1, -0.05) is 30.3 Å². The molecule has 1 amide bonds. The van der Waals surface area contributed by atoms with Crippen molar-refractivity contribution in [3.8, 4) is 11.5 Å². The van der Waals surface area contributed by atoms with Gasteiger partial charge in [-0.15, -0.1) is 0 Å². The molecule has 1 heterocycles. The molecule has 5 nitrogen and oxygen atoms in total. The van der Waals surface area contributed by atoms with Crippen LogP contribution in [0.5, 0.6) is 11.5 Å². The van der Waals surface area contributed by atoms with Crippen LogP contribution in [0.15, 0.2) is 77.3 Å². The summed E-state index contributed by atoms with van der Waals surface area (Å²) in [6, 6.07) is 23.1. The molecule has 1 unspecified atom stereocenters. The average Bonchev–Trinajstić information content (AvgIpc) is 3.36. The van der Waals surface area contributed by atoms with Crippen molar-refractivity contribution < 1.29 is 19.0 Å². The van der Waals surface area contributed by atoms with Crippen LogP contribution in [0.2, 0.25) is 0 Å². The Morgan fingerprint density at radius 3 is 2.58 bits per heavy atom. The van der Waals surface area contributed by atoms with E-state index in [1.165, 1.54) is 5.56 Å². The Balaban J connectivity index is 1.23. The number of ether oxygens (including phenoxy) is 3. The Morgan fingerprint density at radius 2 is 1.85 bits per heavy atom. The molecule has 1 aliphatic heterocycles. The minimum Gasteiger partial charge on any atom is -0.494 e. The zero-order valence-corrected chi connectivity index (χ0v) is 20.1. The molecule has 0 aliphatic carbocycles. The van der Waals surface area contributed by atoms with Crippen LogP contribution in [0.25, 0.3) is 0 Å². The van der Waals surface area contributed by atoms with E-state index in [0.29, 0.717) is 30.2 Å². The lowest BCUT2D eigenvalue weighted by atomic mass is 10.1. The maximum atomic E-state index is 12.7. The summed E-state index contributed by atoms with van der Waals surface area (Å²) in [5.74, 6) is 1.31. The third kappa shape index (κ3) is 7.07. The van der Waals surface area contributed by atoms with Gasteiger partial charge in [0.1, 0.15) is 18.1 Å². The fraction of sp³-hybridized carbons (Fsp3) is 0.296. The molecule has 1 N–H and O–H groups in total. The third-order valence-corrected chi connectivity index (χ3v) is 6.10. The summed E-state index contributed by atoms with van der Waals surface area (Å²) >= 11 is 3.50. The van der Waals surface area contributed by atoms with E-state index in [1.54, 1.807) is 18.2 Å². The highest BCUT2D eigenvalue weighted by atomic mass is 79.9. The average molecular weight is 510 g/mol. The molecule has 1 aliphatic rings. The summed E-state index contributed by atoms with van der Waals surface area (Å²) in [5, 5.41) is 2.92. The summed E-state index contributed by atoms with van der Waals surface area (Å²) in [6.45, 7) is 1.97. The van der Waals surface area contributed by atoms with E-state index in [0.717, 1.165) is 42.5 Å². The van der Waals surface area contributed by atoms with E-state index in [-0.39, 0.29) is 12.0 Å². The Kier molecular flexibility index (Phi) is 8.39. The first kappa shape index (κ1) is 23.3. The summed E-state index contributed by atoms with van der Waals surface area (Å²) in [6.07, 6.45) is 4.19. The lowest BCUT2D eigenvalue weighted by Gasteiger charge is -2.13. The smallest absolute Gasteiger partial charge is 0.255 e. The van der Waals surface area contributed by atoms with Crippen LogP contribution in [-0.4, -0.2) is 31.8 Å². The van der Waals surface area contributed by atoms with Crippen LogP contribution in [0.3, 0.4) is 0 Å². The van der Waals surface area contributed by atoms with Crippen molar-refractivity contribution in [1.82, 2.24) is 0 Å². The van der Waals surface area contributed by atoms with Gasteiger partial charge in [-0.05, 0) is 89.6 Å². The fourth-order valence-corrected chi connectivity index (χ4v) is 4.16. The molecule has 0 saturated carbocycles. The molecular weight excluding hydrogens is 482 g/mol. The van der Waals surface area contributed by atoms with Gasteiger partial charge in [0.15, 0.2) is 0 Å². The standard InChI is InChI=1S/C27H28BrNO4/c28-25-18-21(10-15-26(25)33-19-24-9-5-17-32-24)27(30)29-22-11-13-23(14-12-22)31-16-4-8-20-6-2-1-3-7-20/h1-3,6-7,10-15,18,24H,4-5,8-9,16-17,19H2,(H,29,30). The number of hydrogen-bond donors (Lipinski definition) is 1. The molecule has 0 radical (unpaired) electrons. The van der Waals surface area contributed by atoms with Gasteiger partial charge in [-0.3, -0.25) is 4.79 Å². The molecule has 33 heavy (non-hydrogen) atoms. The van der Waals surface area contributed by atoms with E-state index in [4.69, 9.17) is 14.2 Å². The van der Waals surface area contributed by atoms with Gasteiger partial charge in [-0.2, -0.15) is 0 Å². The minimum absolute atomic E-state index is 0.149. The zero-order valence-electron chi connectivity index (χ0n) is 18.5. The van der Waals surface area contributed by atoms with E-state index >= 15 is 0 Å². The number of benzene rings is 3. The molecule has 1 fully saturated rings. The summed E-state index contributed by atoms with van der Waals surface area (Å²) in [7, 11) is 0. The van der Waals surface area contributed by atoms with Gasteiger partial charge in [0, 0.05) is 17.9 Å². The molecule has 0 aromatic heterocycles. The van der Waals surface area contributed by atoms with E-state index in [1.807, 2.05) is 30.3 Å². The quantitative estimate of drug-likeness (QED) is 0.327. The highest BCUT2D eigenvalue weighted by Gasteiger charge is 2.17. The number of aryl methyl sites for hydroxylation is 1. The van der Waals surface area contributed by atoms with Crippen molar-refractivity contribution in [1.29, 1.82) is 0 Å². The molecular formula is C27H28BrNO4. The summed E-state index contributed by atoms with van der Waals surface area (Å²) in [4.78, 5) is 12.7. The second-order valence-corrected chi connectivity index (χ2v) is 8.86. The van der Waals surface area contributed by atoms with Crippen molar-refractivity contribution in [2.45, 2.75) is 31.8 Å². The van der Waals surface area contributed by atoms with Crippen LogP contribution in [0.4, 0.5) is 5.69 Å². The molecule has 1 atom stereocenters. The van der Waals surface area contributed by atoms with Crippen LogP contribution in [0.1, 0.15) is 35.2 Å². The van der Waals surface area contributed by atoms with Gasteiger partial charge in [0.25, 0.3) is 5.91 Å². The number of nitrogens with one attached hydrogen (secondary N) is 1. The first-order valence-corrected chi connectivity index (χ1v) is 12.1. The van der Waals surface area contributed by atoms with Gasteiger partial charge in [-0.25, -0.2) is 0 Å². The predicted molar refractivity (Wildman–Crippen MR) is 133 cm³/mol. The van der Waals surface area contributed by atoms with E-state index in [9.17, 15) is 4.79 Å². The first-order chi connectivity index (χ1) is 16.2. The Bertz CT molecular complexity index is 1030. The van der Waals surface area contributed by atoms with Crippen molar-refractivity contribution in [2.24, 2.45) is 0 Å². The van der Waals surface area contributed by atoms with Gasteiger partial charge >= 0.3 is 0 Å². The Morgan fingerprint density at radius 1 is 1.03 bits per heavy atom.